The number of aromatic amines is 1. The molecule has 1 atom stereocenters. The molecule has 6 nitrogen and oxygen atoms in total. The van der Waals surface area contributed by atoms with Gasteiger partial charge in [-0.25, -0.2) is 4.98 Å². The summed E-state index contributed by atoms with van der Waals surface area (Å²) >= 11 is 0. The second-order valence-electron chi connectivity index (χ2n) is 6.26. The van der Waals surface area contributed by atoms with E-state index in [-0.39, 0.29) is 11.9 Å². The standard InChI is InChI=1S/C17H25N5O/c1-13(22-11-9-21(2)10-12-22)17(23)18-8-7-16-19-14-5-3-4-6-15(14)20-16/h3-6,13H,7-12H2,1-2H3,(H,18,23)(H,19,20)/t13-/m0/s1. The van der Waals surface area contributed by atoms with E-state index in [1.54, 1.807) is 0 Å². The molecule has 1 aromatic heterocycles. The molecule has 0 unspecified atom stereocenters. The Bertz CT molecular complexity index is 627. The summed E-state index contributed by atoms with van der Waals surface area (Å²) < 4.78 is 0. The van der Waals surface area contributed by atoms with Gasteiger partial charge in [0.2, 0.25) is 5.91 Å². The number of likely N-dealkylation sites (N-methyl/N-ethyl adjacent to an activating group) is 1. The number of rotatable bonds is 5. The molecule has 0 bridgehead atoms. The van der Waals surface area contributed by atoms with Crippen LogP contribution in [-0.2, 0) is 11.2 Å². The Hall–Kier alpha value is -1.92. The minimum atomic E-state index is -0.0700. The second-order valence-corrected chi connectivity index (χ2v) is 6.26. The van der Waals surface area contributed by atoms with Crippen LogP contribution in [0.1, 0.15) is 12.7 Å². The van der Waals surface area contributed by atoms with Crippen LogP contribution in [0.3, 0.4) is 0 Å². The Balaban J connectivity index is 1.47. The molecule has 0 aliphatic carbocycles. The summed E-state index contributed by atoms with van der Waals surface area (Å²) in [4.78, 5) is 24.6. The van der Waals surface area contributed by atoms with Gasteiger partial charge in [-0.15, -0.1) is 0 Å². The number of nitrogens with one attached hydrogen (secondary N) is 2. The second kappa shape index (κ2) is 7.10. The van der Waals surface area contributed by atoms with Gasteiger partial charge >= 0.3 is 0 Å². The lowest BCUT2D eigenvalue weighted by molar-refractivity contribution is -0.126. The Labute approximate surface area is 136 Å². The average Bonchev–Trinajstić information content (AvgIpc) is 2.97. The number of H-pyrrole nitrogens is 1. The molecule has 1 fully saturated rings. The van der Waals surface area contributed by atoms with Crippen molar-refractivity contribution in [3.8, 4) is 0 Å². The van der Waals surface area contributed by atoms with Crippen LogP contribution in [0.5, 0.6) is 0 Å². The number of carbonyl (C=O) groups is 1. The molecular weight excluding hydrogens is 290 g/mol. The van der Waals surface area contributed by atoms with Gasteiger partial charge in [-0.05, 0) is 26.1 Å². The van der Waals surface area contributed by atoms with Gasteiger partial charge in [-0.3, -0.25) is 9.69 Å². The number of piperazine rings is 1. The molecule has 6 heteroatoms. The maximum Gasteiger partial charge on any atom is 0.237 e. The van der Waals surface area contributed by atoms with Gasteiger partial charge in [0.15, 0.2) is 0 Å². The van der Waals surface area contributed by atoms with Crippen molar-refractivity contribution < 1.29 is 4.79 Å². The highest BCUT2D eigenvalue weighted by atomic mass is 16.2. The Morgan fingerprint density at radius 1 is 1.30 bits per heavy atom. The van der Waals surface area contributed by atoms with Crippen molar-refractivity contribution in [1.29, 1.82) is 0 Å². The number of amides is 1. The average molecular weight is 315 g/mol. The summed E-state index contributed by atoms with van der Waals surface area (Å²) in [6.07, 6.45) is 0.718. The molecule has 124 valence electrons. The third-order valence-electron chi connectivity index (χ3n) is 4.56. The highest BCUT2D eigenvalue weighted by Gasteiger charge is 2.23. The van der Waals surface area contributed by atoms with Crippen LogP contribution in [0.15, 0.2) is 24.3 Å². The molecule has 1 aromatic carbocycles. The van der Waals surface area contributed by atoms with E-state index in [0.717, 1.165) is 49.5 Å². The van der Waals surface area contributed by atoms with Crippen molar-refractivity contribution in [1.82, 2.24) is 25.1 Å². The first-order valence-electron chi connectivity index (χ1n) is 8.27. The summed E-state index contributed by atoms with van der Waals surface area (Å²) in [6.45, 7) is 6.55. The lowest BCUT2D eigenvalue weighted by Crippen LogP contribution is -2.53. The fourth-order valence-corrected chi connectivity index (χ4v) is 2.95. The molecule has 0 spiro atoms. The SMILES string of the molecule is C[C@@H](C(=O)NCCc1nc2ccccc2[nH]1)N1CCN(C)CC1. The Morgan fingerprint density at radius 3 is 2.78 bits per heavy atom. The van der Waals surface area contributed by atoms with Crippen molar-refractivity contribution in [2.75, 3.05) is 39.8 Å². The predicted molar refractivity (Wildman–Crippen MR) is 91.3 cm³/mol. The van der Waals surface area contributed by atoms with Crippen molar-refractivity contribution >= 4 is 16.9 Å². The number of imidazole rings is 1. The summed E-state index contributed by atoms with van der Waals surface area (Å²) in [5.41, 5.74) is 2.01. The minimum absolute atomic E-state index is 0.0700. The van der Waals surface area contributed by atoms with Crippen molar-refractivity contribution in [3.63, 3.8) is 0 Å². The van der Waals surface area contributed by atoms with E-state index in [4.69, 9.17) is 0 Å². The van der Waals surface area contributed by atoms with E-state index in [1.807, 2.05) is 31.2 Å². The summed E-state index contributed by atoms with van der Waals surface area (Å²) in [7, 11) is 2.12. The number of hydrogen-bond acceptors (Lipinski definition) is 4. The largest absolute Gasteiger partial charge is 0.354 e. The van der Waals surface area contributed by atoms with Gasteiger partial charge in [-0.1, -0.05) is 12.1 Å². The molecule has 1 saturated heterocycles. The van der Waals surface area contributed by atoms with Gasteiger partial charge in [-0.2, -0.15) is 0 Å². The fraction of sp³-hybridized carbons (Fsp3) is 0.529. The maximum absolute atomic E-state index is 12.3. The first-order chi connectivity index (χ1) is 11.1. The molecule has 1 aliphatic rings. The van der Waals surface area contributed by atoms with E-state index in [0.29, 0.717) is 6.54 Å². The number of carbonyl (C=O) groups excluding carboxylic acids is 1. The maximum atomic E-state index is 12.3. The number of nitrogens with zero attached hydrogens (tertiary/aromatic N) is 3. The van der Waals surface area contributed by atoms with Crippen LogP contribution in [0.4, 0.5) is 0 Å². The Kier molecular flexibility index (Phi) is 4.93. The molecule has 3 rings (SSSR count). The number of fused-ring (bicyclic) bond motifs is 1. The fourth-order valence-electron chi connectivity index (χ4n) is 2.95. The molecule has 2 aromatic rings. The summed E-state index contributed by atoms with van der Waals surface area (Å²) in [5, 5.41) is 3.03. The number of hydrogen-bond donors (Lipinski definition) is 2. The molecule has 0 radical (unpaired) electrons. The van der Waals surface area contributed by atoms with Gasteiger partial charge < -0.3 is 15.2 Å². The zero-order chi connectivity index (χ0) is 16.2. The van der Waals surface area contributed by atoms with Crippen molar-refractivity contribution in [3.05, 3.63) is 30.1 Å². The van der Waals surface area contributed by atoms with Gasteiger partial charge in [0.25, 0.3) is 0 Å². The van der Waals surface area contributed by atoms with E-state index < -0.39 is 0 Å². The van der Waals surface area contributed by atoms with Gasteiger partial charge in [0, 0.05) is 39.1 Å². The molecule has 23 heavy (non-hydrogen) atoms. The van der Waals surface area contributed by atoms with Crippen molar-refractivity contribution in [2.24, 2.45) is 0 Å². The lowest BCUT2D eigenvalue weighted by atomic mass is 10.2. The third kappa shape index (κ3) is 3.89. The molecular formula is C17H25N5O. The monoisotopic (exact) mass is 315 g/mol. The third-order valence-corrected chi connectivity index (χ3v) is 4.56. The number of aromatic nitrogens is 2. The summed E-state index contributed by atoms with van der Waals surface area (Å²) in [6, 6.07) is 7.90. The van der Waals surface area contributed by atoms with Crippen LogP contribution in [0, 0.1) is 0 Å². The van der Waals surface area contributed by atoms with Crippen LogP contribution < -0.4 is 5.32 Å². The normalized spacial score (nSPS) is 18.2. The lowest BCUT2D eigenvalue weighted by Gasteiger charge is -2.35. The van der Waals surface area contributed by atoms with E-state index in [9.17, 15) is 4.79 Å². The molecule has 1 aliphatic heterocycles. The highest BCUT2D eigenvalue weighted by molar-refractivity contribution is 5.81. The number of benzene rings is 1. The molecule has 2 heterocycles. The summed E-state index contributed by atoms with van der Waals surface area (Å²) in [5.74, 6) is 1.02. The first kappa shape index (κ1) is 16.0. The zero-order valence-corrected chi connectivity index (χ0v) is 13.9. The molecule has 0 saturated carbocycles. The van der Waals surface area contributed by atoms with Gasteiger partial charge in [0.05, 0.1) is 17.1 Å². The van der Waals surface area contributed by atoms with Crippen LogP contribution >= 0.6 is 0 Å². The topological polar surface area (TPSA) is 64.3 Å². The minimum Gasteiger partial charge on any atom is -0.354 e. The molecule has 2 N–H and O–H groups in total. The van der Waals surface area contributed by atoms with E-state index in [1.165, 1.54) is 0 Å². The van der Waals surface area contributed by atoms with Crippen LogP contribution in [-0.4, -0.2) is 71.5 Å². The van der Waals surface area contributed by atoms with Crippen LogP contribution in [0.2, 0.25) is 0 Å². The van der Waals surface area contributed by atoms with Crippen molar-refractivity contribution in [2.45, 2.75) is 19.4 Å². The zero-order valence-electron chi connectivity index (χ0n) is 13.9. The smallest absolute Gasteiger partial charge is 0.237 e. The predicted octanol–water partition coefficient (Wildman–Crippen LogP) is 0.857. The van der Waals surface area contributed by atoms with E-state index >= 15 is 0 Å². The van der Waals surface area contributed by atoms with Gasteiger partial charge in [0.1, 0.15) is 5.82 Å². The molecule has 1 amide bonds. The Morgan fingerprint density at radius 2 is 2.04 bits per heavy atom. The van der Waals surface area contributed by atoms with Crippen LogP contribution in [0.25, 0.3) is 11.0 Å². The highest BCUT2D eigenvalue weighted by Crippen LogP contribution is 2.10. The quantitative estimate of drug-likeness (QED) is 0.859. The number of para-hydroxylation sites is 2. The first-order valence-corrected chi connectivity index (χ1v) is 8.27. The van der Waals surface area contributed by atoms with E-state index in [2.05, 4.69) is 32.1 Å².